The van der Waals surface area contributed by atoms with E-state index in [1.807, 2.05) is 0 Å². The zero-order chi connectivity index (χ0) is 20.8. The lowest BCUT2D eigenvalue weighted by Gasteiger charge is -2.16. The summed E-state index contributed by atoms with van der Waals surface area (Å²) in [5.74, 6) is 0. The summed E-state index contributed by atoms with van der Waals surface area (Å²) < 4.78 is 16.7. The Kier molecular flexibility index (Phi) is 5.24. The number of hydrogen-bond acceptors (Lipinski definition) is 6. The van der Waals surface area contributed by atoms with Gasteiger partial charge in [0.2, 0.25) is 0 Å². The van der Waals surface area contributed by atoms with Crippen molar-refractivity contribution in [3.8, 4) is 0 Å². The molecule has 1 heterocycles. The zero-order valence-electron chi connectivity index (χ0n) is 16.1. The highest BCUT2D eigenvalue weighted by Crippen LogP contribution is 2.38. The standard InChI is InChI=1S/C19H24N4O4S2/c1-19(26,10-24)17-21-9-15(28-17)29(20,27)23-18(25)22-16-13-6-2-4-11(13)8-12-5-3-7-14(12)16/h8-9,24,26H,2-7,10H2,1H3,(H3,20,22,23,25,27). The number of aliphatic hydroxyl groups excluding tert-OH is 1. The number of carbonyl (C=O) groups is 1. The molecule has 2 amide bonds. The number of hydrogen-bond donors (Lipinski definition) is 4. The van der Waals surface area contributed by atoms with Crippen LogP contribution in [0.25, 0.3) is 0 Å². The molecule has 156 valence electrons. The Morgan fingerprint density at radius 3 is 2.52 bits per heavy atom. The van der Waals surface area contributed by atoms with Crippen molar-refractivity contribution in [1.29, 1.82) is 0 Å². The minimum absolute atomic E-state index is 0.0693. The van der Waals surface area contributed by atoms with Crippen molar-refractivity contribution in [2.24, 2.45) is 9.50 Å². The molecule has 0 fully saturated rings. The summed E-state index contributed by atoms with van der Waals surface area (Å²) >= 11 is 0.865. The van der Waals surface area contributed by atoms with Crippen LogP contribution in [0.3, 0.4) is 0 Å². The normalized spacial score (nSPS) is 19.2. The van der Waals surface area contributed by atoms with Crippen LogP contribution in [0.15, 0.2) is 20.8 Å². The van der Waals surface area contributed by atoms with Gasteiger partial charge in [-0.25, -0.2) is 19.1 Å². The average Bonchev–Trinajstić information content (AvgIpc) is 3.40. The van der Waals surface area contributed by atoms with E-state index in [1.54, 1.807) is 0 Å². The number of aryl methyl sites for hydroxylation is 2. The molecule has 2 aromatic rings. The van der Waals surface area contributed by atoms with Crippen LogP contribution < -0.4 is 10.5 Å². The molecule has 0 saturated heterocycles. The summed E-state index contributed by atoms with van der Waals surface area (Å²) in [5.41, 5.74) is 4.07. The monoisotopic (exact) mass is 436 g/mol. The largest absolute Gasteiger partial charge is 0.393 e. The van der Waals surface area contributed by atoms with Gasteiger partial charge in [-0.1, -0.05) is 6.07 Å². The highest BCUT2D eigenvalue weighted by Gasteiger charge is 2.28. The molecule has 0 saturated carbocycles. The molecule has 1 aromatic carbocycles. The molecule has 10 heteroatoms. The maximum Gasteiger partial charge on any atom is 0.354 e. The molecule has 1 aromatic heterocycles. The second kappa shape index (κ2) is 7.44. The van der Waals surface area contributed by atoms with Gasteiger partial charge in [-0.15, -0.1) is 15.7 Å². The van der Waals surface area contributed by atoms with E-state index in [-0.39, 0.29) is 9.22 Å². The van der Waals surface area contributed by atoms with Gasteiger partial charge in [0.25, 0.3) is 0 Å². The molecule has 29 heavy (non-hydrogen) atoms. The van der Waals surface area contributed by atoms with Gasteiger partial charge in [-0.05, 0) is 67.7 Å². The summed E-state index contributed by atoms with van der Waals surface area (Å²) in [6.45, 7) is 0.835. The Bertz CT molecular complexity index is 1070. The van der Waals surface area contributed by atoms with Crippen LogP contribution in [-0.4, -0.2) is 32.0 Å². The van der Waals surface area contributed by atoms with Crippen LogP contribution in [0.1, 0.15) is 47.0 Å². The van der Waals surface area contributed by atoms with Gasteiger partial charge in [-0.2, -0.15) is 0 Å². The van der Waals surface area contributed by atoms with Crippen molar-refractivity contribution < 1.29 is 19.2 Å². The number of aromatic nitrogens is 1. The van der Waals surface area contributed by atoms with E-state index in [2.05, 4.69) is 20.7 Å². The average molecular weight is 437 g/mol. The van der Waals surface area contributed by atoms with Gasteiger partial charge in [-0.3, -0.25) is 0 Å². The van der Waals surface area contributed by atoms with E-state index in [9.17, 15) is 19.2 Å². The molecule has 2 unspecified atom stereocenters. The predicted octanol–water partition coefficient (Wildman–Crippen LogP) is 2.25. The number of carbonyl (C=O) groups excluding carboxylic acids is 1. The number of thiazole rings is 1. The van der Waals surface area contributed by atoms with E-state index in [4.69, 9.17) is 5.14 Å². The van der Waals surface area contributed by atoms with Crippen LogP contribution in [0, 0.1) is 0 Å². The molecule has 0 aliphatic heterocycles. The molecule has 8 nitrogen and oxygen atoms in total. The Morgan fingerprint density at radius 2 is 1.93 bits per heavy atom. The van der Waals surface area contributed by atoms with Gasteiger partial charge in [0, 0.05) is 5.69 Å². The quantitative estimate of drug-likeness (QED) is 0.582. The molecule has 2 aliphatic carbocycles. The Hall–Kier alpha value is -1.85. The first-order valence-corrected chi connectivity index (χ1v) is 11.9. The third-order valence-electron chi connectivity index (χ3n) is 5.46. The number of fused-ring (bicyclic) bond motifs is 2. The second-order valence-corrected chi connectivity index (χ2v) is 10.8. The van der Waals surface area contributed by atoms with Crippen LogP contribution in [-0.2, 0) is 41.2 Å². The van der Waals surface area contributed by atoms with Crippen LogP contribution >= 0.6 is 11.3 Å². The first kappa shape index (κ1) is 20.4. The number of nitrogens with zero attached hydrogens (tertiary/aromatic N) is 2. The van der Waals surface area contributed by atoms with Crippen molar-refractivity contribution in [3.05, 3.63) is 39.5 Å². The number of urea groups is 1. The molecule has 0 radical (unpaired) electrons. The molecule has 2 aliphatic rings. The Labute approximate surface area is 173 Å². The van der Waals surface area contributed by atoms with Crippen molar-refractivity contribution >= 4 is 33.0 Å². The van der Waals surface area contributed by atoms with Gasteiger partial charge in [0.05, 0.1) is 12.8 Å². The highest BCUT2D eigenvalue weighted by molar-refractivity contribution is 7.93. The predicted molar refractivity (Wildman–Crippen MR) is 111 cm³/mol. The molecule has 5 N–H and O–H groups in total. The molecule has 4 rings (SSSR count). The molecule has 2 atom stereocenters. The number of anilines is 1. The van der Waals surface area contributed by atoms with E-state index >= 15 is 0 Å². The summed E-state index contributed by atoms with van der Waals surface area (Å²) in [5, 5.41) is 28.2. The van der Waals surface area contributed by atoms with Gasteiger partial charge in [0.15, 0.2) is 9.92 Å². The summed E-state index contributed by atoms with van der Waals surface area (Å²) in [7, 11) is -3.53. The van der Waals surface area contributed by atoms with E-state index in [0.29, 0.717) is 0 Å². The van der Waals surface area contributed by atoms with E-state index in [0.717, 1.165) is 66.7 Å². The lowest BCUT2D eigenvalue weighted by atomic mass is 9.99. The molecular weight excluding hydrogens is 412 g/mol. The second-order valence-electron chi connectivity index (χ2n) is 7.74. The summed E-state index contributed by atoms with van der Waals surface area (Å²) in [6.07, 6.45) is 7.16. The SMILES string of the molecule is CC(O)(CO)c1ncc(S(N)(=O)=NC(=O)Nc2c3c(cc4c2CCC4)CCC3)s1. The molecule has 0 bridgehead atoms. The number of nitrogens with one attached hydrogen (secondary N) is 1. The van der Waals surface area contributed by atoms with Gasteiger partial charge < -0.3 is 15.5 Å². The number of amides is 2. The first-order chi connectivity index (χ1) is 13.7. The van der Waals surface area contributed by atoms with Crippen molar-refractivity contribution in [2.45, 2.75) is 55.3 Å². The van der Waals surface area contributed by atoms with Crippen molar-refractivity contribution in [3.63, 3.8) is 0 Å². The highest BCUT2D eigenvalue weighted by atomic mass is 32.2. The molecular formula is C19H24N4O4S2. The Balaban J connectivity index is 1.63. The third kappa shape index (κ3) is 3.82. The summed E-state index contributed by atoms with van der Waals surface area (Å²) in [4.78, 5) is 16.6. The fourth-order valence-corrected chi connectivity index (χ4v) is 6.07. The number of aliphatic hydroxyl groups is 2. The fourth-order valence-electron chi connectivity index (χ4n) is 3.98. The smallest absolute Gasteiger partial charge is 0.354 e. The third-order valence-corrected chi connectivity index (χ3v) is 8.60. The maximum absolute atomic E-state index is 12.9. The molecule has 0 spiro atoms. The first-order valence-electron chi connectivity index (χ1n) is 9.53. The number of benzene rings is 1. The van der Waals surface area contributed by atoms with Crippen LogP contribution in [0.4, 0.5) is 10.5 Å². The van der Waals surface area contributed by atoms with Crippen LogP contribution in [0.5, 0.6) is 0 Å². The minimum Gasteiger partial charge on any atom is -0.393 e. The summed E-state index contributed by atoms with van der Waals surface area (Å²) in [6, 6.07) is 1.51. The lowest BCUT2D eigenvalue weighted by molar-refractivity contribution is -0.00244. The zero-order valence-corrected chi connectivity index (χ0v) is 17.7. The minimum atomic E-state index is -3.53. The van der Waals surface area contributed by atoms with E-state index in [1.165, 1.54) is 24.2 Å². The number of rotatable bonds is 4. The van der Waals surface area contributed by atoms with E-state index < -0.39 is 28.2 Å². The van der Waals surface area contributed by atoms with Gasteiger partial charge in [0.1, 0.15) is 14.8 Å². The van der Waals surface area contributed by atoms with Crippen molar-refractivity contribution in [2.75, 3.05) is 11.9 Å². The topological polar surface area (TPSA) is 138 Å². The Morgan fingerprint density at radius 1 is 1.31 bits per heavy atom. The lowest BCUT2D eigenvalue weighted by Crippen LogP contribution is -2.25. The fraction of sp³-hybridized carbons (Fsp3) is 0.474. The van der Waals surface area contributed by atoms with Crippen molar-refractivity contribution in [1.82, 2.24) is 4.98 Å². The van der Waals surface area contributed by atoms with Crippen LogP contribution in [0.2, 0.25) is 0 Å². The number of nitrogens with two attached hydrogens (primary N) is 1. The van der Waals surface area contributed by atoms with Gasteiger partial charge >= 0.3 is 6.03 Å². The maximum atomic E-state index is 12.9.